The minimum atomic E-state index is 0.546. The first kappa shape index (κ1) is 15.7. The molecule has 0 bridgehead atoms. The molecular weight excluding hydrogens is 312 g/mol. The minimum absolute atomic E-state index is 0.546. The largest absolute Gasteiger partial charge is 0.497 e. The maximum Gasteiger partial charge on any atom is 0.227 e. The van der Waals surface area contributed by atoms with E-state index in [1.54, 1.807) is 7.11 Å². The maximum absolute atomic E-state index is 6.12. The van der Waals surface area contributed by atoms with Crippen LogP contribution in [0, 0.1) is 0 Å². The van der Waals surface area contributed by atoms with Gasteiger partial charge in [-0.05, 0) is 48.6 Å². The molecule has 2 aromatic carbocycles. The molecule has 5 heteroatoms. The zero-order chi connectivity index (χ0) is 17.2. The molecule has 0 atom stereocenters. The molecule has 1 fully saturated rings. The number of para-hydroxylation sites is 1. The van der Waals surface area contributed by atoms with E-state index in [0.717, 1.165) is 48.5 Å². The van der Waals surface area contributed by atoms with Crippen LogP contribution in [0.1, 0.15) is 24.3 Å². The Bertz CT molecular complexity index is 888. The van der Waals surface area contributed by atoms with Gasteiger partial charge in [0.1, 0.15) is 11.6 Å². The molecule has 0 aliphatic carbocycles. The predicted molar refractivity (Wildman–Crippen MR) is 101 cm³/mol. The van der Waals surface area contributed by atoms with Crippen LogP contribution in [0.3, 0.4) is 0 Å². The third-order valence-electron chi connectivity index (χ3n) is 4.96. The van der Waals surface area contributed by atoms with Gasteiger partial charge in [0, 0.05) is 18.5 Å². The average Bonchev–Trinajstić information content (AvgIpc) is 2.68. The molecule has 1 aromatic heterocycles. The summed E-state index contributed by atoms with van der Waals surface area (Å²) in [5.41, 5.74) is 8.37. The molecule has 3 aromatic rings. The maximum atomic E-state index is 6.12. The van der Waals surface area contributed by atoms with Crippen LogP contribution < -0.4 is 15.4 Å². The van der Waals surface area contributed by atoms with Crippen molar-refractivity contribution in [2.24, 2.45) is 0 Å². The molecule has 0 saturated carbocycles. The number of hydrogen-bond acceptors (Lipinski definition) is 5. The van der Waals surface area contributed by atoms with Crippen LogP contribution in [0.5, 0.6) is 5.75 Å². The highest BCUT2D eigenvalue weighted by Crippen LogP contribution is 2.32. The number of anilines is 2. The third kappa shape index (κ3) is 3.09. The van der Waals surface area contributed by atoms with Crippen LogP contribution >= 0.6 is 0 Å². The van der Waals surface area contributed by atoms with Gasteiger partial charge in [-0.25, -0.2) is 4.98 Å². The van der Waals surface area contributed by atoms with Crippen LogP contribution in [0.25, 0.3) is 10.9 Å². The van der Waals surface area contributed by atoms with E-state index in [-0.39, 0.29) is 0 Å². The average molecular weight is 334 g/mol. The number of fused-ring (bicyclic) bond motifs is 1. The summed E-state index contributed by atoms with van der Waals surface area (Å²) in [5.74, 6) is 2.76. The van der Waals surface area contributed by atoms with Gasteiger partial charge in [0.05, 0.1) is 12.6 Å². The normalized spacial score (nSPS) is 15.5. The lowest BCUT2D eigenvalue weighted by atomic mass is 9.89. The highest BCUT2D eigenvalue weighted by atomic mass is 16.5. The van der Waals surface area contributed by atoms with Gasteiger partial charge < -0.3 is 15.4 Å². The van der Waals surface area contributed by atoms with Crippen molar-refractivity contribution in [3.05, 3.63) is 54.1 Å². The van der Waals surface area contributed by atoms with E-state index in [9.17, 15) is 0 Å². The van der Waals surface area contributed by atoms with Gasteiger partial charge in [0.2, 0.25) is 5.95 Å². The molecule has 0 amide bonds. The molecule has 1 aliphatic rings. The standard InChI is InChI=1S/C20H22N4O/c1-25-16-6-4-5-15(13-16)14-9-11-24(12-10-14)20-22-18-8-3-2-7-17(18)19(21)23-20/h2-8,13-14H,9-12H2,1H3,(H2,21,22,23). The van der Waals surface area contributed by atoms with E-state index in [4.69, 9.17) is 15.5 Å². The van der Waals surface area contributed by atoms with E-state index in [2.05, 4.69) is 28.1 Å². The smallest absolute Gasteiger partial charge is 0.227 e. The number of nitrogens with two attached hydrogens (primary N) is 1. The molecule has 0 radical (unpaired) electrons. The molecular formula is C20H22N4O. The van der Waals surface area contributed by atoms with Gasteiger partial charge in [0.25, 0.3) is 0 Å². The van der Waals surface area contributed by atoms with E-state index in [1.165, 1.54) is 5.56 Å². The Morgan fingerprint density at radius 1 is 1.04 bits per heavy atom. The Labute approximate surface area is 147 Å². The van der Waals surface area contributed by atoms with Gasteiger partial charge in [-0.1, -0.05) is 24.3 Å². The molecule has 2 N–H and O–H groups in total. The number of nitrogens with zero attached hydrogens (tertiary/aromatic N) is 3. The number of rotatable bonds is 3. The number of aromatic nitrogens is 2. The second kappa shape index (κ2) is 6.59. The summed E-state index contributed by atoms with van der Waals surface area (Å²) in [6.07, 6.45) is 2.15. The SMILES string of the molecule is COc1cccc(C2CCN(c3nc(N)c4ccccc4n3)CC2)c1. The number of piperidine rings is 1. The minimum Gasteiger partial charge on any atom is -0.497 e. The zero-order valence-corrected chi connectivity index (χ0v) is 14.4. The second-order valence-corrected chi connectivity index (χ2v) is 6.46. The van der Waals surface area contributed by atoms with Gasteiger partial charge in [-0.3, -0.25) is 0 Å². The Morgan fingerprint density at radius 3 is 2.64 bits per heavy atom. The van der Waals surface area contributed by atoms with E-state index >= 15 is 0 Å². The lowest BCUT2D eigenvalue weighted by Crippen LogP contribution is -2.34. The molecule has 0 unspecified atom stereocenters. The summed E-state index contributed by atoms with van der Waals surface area (Å²) in [6.45, 7) is 1.86. The first-order chi connectivity index (χ1) is 12.2. The molecule has 128 valence electrons. The summed E-state index contributed by atoms with van der Waals surface area (Å²) in [6, 6.07) is 16.3. The third-order valence-corrected chi connectivity index (χ3v) is 4.96. The van der Waals surface area contributed by atoms with Crippen molar-refractivity contribution in [1.82, 2.24) is 9.97 Å². The van der Waals surface area contributed by atoms with Crippen molar-refractivity contribution in [3.63, 3.8) is 0 Å². The van der Waals surface area contributed by atoms with Gasteiger partial charge in [-0.15, -0.1) is 0 Å². The molecule has 5 nitrogen and oxygen atoms in total. The number of methoxy groups -OCH3 is 1. The fraction of sp³-hybridized carbons (Fsp3) is 0.300. The van der Waals surface area contributed by atoms with Crippen molar-refractivity contribution in [2.45, 2.75) is 18.8 Å². The monoisotopic (exact) mass is 334 g/mol. The zero-order valence-electron chi connectivity index (χ0n) is 14.4. The second-order valence-electron chi connectivity index (χ2n) is 6.46. The Hall–Kier alpha value is -2.82. The number of benzene rings is 2. The van der Waals surface area contributed by atoms with Crippen LogP contribution in [-0.4, -0.2) is 30.2 Å². The topological polar surface area (TPSA) is 64.3 Å². The summed E-state index contributed by atoms with van der Waals surface area (Å²) in [4.78, 5) is 11.5. The Kier molecular flexibility index (Phi) is 4.14. The van der Waals surface area contributed by atoms with Crippen LogP contribution in [0.15, 0.2) is 48.5 Å². The molecule has 4 rings (SSSR count). The van der Waals surface area contributed by atoms with Crippen molar-refractivity contribution in [1.29, 1.82) is 0 Å². The van der Waals surface area contributed by atoms with Crippen molar-refractivity contribution in [2.75, 3.05) is 30.8 Å². The van der Waals surface area contributed by atoms with Gasteiger partial charge in [-0.2, -0.15) is 4.98 Å². The lowest BCUT2D eigenvalue weighted by Gasteiger charge is -2.32. The summed E-state index contributed by atoms with van der Waals surface area (Å²) in [5, 5.41) is 0.914. The molecule has 1 aliphatic heterocycles. The van der Waals surface area contributed by atoms with Crippen molar-refractivity contribution < 1.29 is 4.74 Å². The summed E-state index contributed by atoms with van der Waals surface area (Å²) >= 11 is 0. The van der Waals surface area contributed by atoms with E-state index < -0.39 is 0 Å². The van der Waals surface area contributed by atoms with Crippen LogP contribution in [0.2, 0.25) is 0 Å². The molecule has 1 saturated heterocycles. The van der Waals surface area contributed by atoms with E-state index in [1.807, 2.05) is 30.3 Å². The number of ether oxygens (including phenoxy) is 1. The molecule has 25 heavy (non-hydrogen) atoms. The fourth-order valence-electron chi connectivity index (χ4n) is 3.54. The fourth-order valence-corrected chi connectivity index (χ4v) is 3.54. The summed E-state index contributed by atoms with van der Waals surface area (Å²) < 4.78 is 5.35. The molecule has 2 heterocycles. The molecule has 0 spiro atoms. The summed E-state index contributed by atoms with van der Waals surface area (Å²) in [7, 11) is 1.71. The van der Waals surface area contributed by atoms with Crippen LogP contribution in [0.4, 0.5) is 11.8 Å². The Balaban J connectivity index is 1.52. The number of hydrogen-bond donors (Lipinski definition) is 1. The predicted octanol–water partition coefficient (Wildman–Crippen LogP) is 3.60. The Morgan fingerprint density at radius 2 is 1.84 bits per heavy atom. The van der Waals surface area contributed by atoms with Gasteiger partial charge in [0.15, 0.2) is 0 Å². The van der Waals surface area contributed by atoms with Crippen molar-refractivity contribution in [3.8, 4) is 5.75 Å². The highest BCUT2D eigenvalue weighted by Gasteiger charge is 2.23. The lowest BCUT2D eigenvalue weighted by molar-refractivity contribution is 0.412. The first-order valence-electron chi connectivity index (χ1n) is 8.66. The first-order valence-corrected chi connectivity index (χ1v) is 8.66. The van der Waals surface area contributed by atoms with Gasteiger partial charge >= 0.3 is 0 Å². The highest BCUT2D eigenvalue weighted by molar-refractivity contribution is 5.88. The van der Waals surface area contributed by atoms with E-state index in [0.29, 0.717) is 11.7 Å². The quantitative estimate of drug-likeness (QED) is 0.793. The van der Waals surface area contributed by atoms with Crippen molar-refractivity contribution >= 4 is 22.7 Å². The number of nitrogen functional groups attached to an aromatic ring is 1. The van der Waals surface area contributed by atoms with Crippen LogP contribution in [-0.2, 0) is 0 Å².